The molecule has 4 rings (SSSR count). The molecule has 190 valence electrons. The van der Waals surface area contributed by atoms with Crippen molar-refractivity contribution in [2.75, 3.05) is 12.8 Å². The van der Waals surface area contributed by atoms with Gasteiger partial charge >= 0.3 is 0 Å². The van der Waals surface area contributed by atoms with Crippen LogP contribution in [0.3, 0.4) is 0 Å². The van der Waals surface area contributed by atoms with Gasteiger partial charge in [0.2, 0.25) is 5.91 Å². The SMILES string of the molecule is CCC1CC(N(C(=O)CS(=O)(=O)c2ccc(F)cc2)C(c2ccc(Cl)cc2)C2CC2)CC(C)N1C. The first-order valence-corrected chi connectivity index (χ1v) is 14.4. The first kappa shape index (κ1) is 26.1. The number of rotatable bonds is 8. The van der Waals surface area contributed by atoms with Gasteiger partial charge in [-0.1, -0.05) is 30.7 Å². The second kappa shape index (κ2) is 10.6. The molecule has 1 heterocycles. The minimum atomic E-state index is -3.92. The Morgan fingerprint density at radius 3 is 2.31 bits per heavy atom. The third kappa shape index (κ3) is 5.89. The van der Waals surface area contributed by atoms with Crippen molar-refractivity contribution < 1.29 is 17.6 Å². The Hall–Kier alpha value is -1.96. The number of halogens is 2. The largest absolute Gasteiger partial charge is 0.331 e. The van der Waals surface area contributed by atoms with Crippen LogP contribution in [0.4, 0.5) is 4.39 Å². The number of likely N-dealkylation sites (tertiary alicyclic amines) is 1. The van der Waals surface area contributed by atoms with Gasteiger partial charge in [0.15, 0.2) is 9.84 Å². The van der Waals surface area contributed by atoms with E-state index in [4.69, 9.17) is 11.6 Å². The maximum atomic E-state index is 13.9. The quantitative estimate of drug-likeness (QED) is 0.432. The van der Waals surface area contributed by atoms with E-state index in [1.54, 1.807) is 0 Å². The van der Waals surface area contributed by atoms with Crippen LogP contribution in [0.25, 0.3) is 0 Å². The summed E-state index contributed by atoms with van der Waals surface area (Å²) in [4.78, 5) is 18.1. The third-order valence-corrected chi connectivity index (χ3v) is 9.52. The van der Waals surface area contributed by atoms with Gasteiger partial charge in [-0.25, -0.2) is 12.8 Å². The highest BCUT2D eigenvalue weighted by Gasteiger charge is 2.45. The number of hydrogen-bond acceptors (Lipinski definition) is 4. The first-order chi connectivity index (χ1) is 16.6. The summed E-state index contributed by atoms with van der Waals surface area (Å²) in [6, 6.07) is 12.6. The highest BCUT2D eigenvalue weighted by atomic mass is 35.5. The summed E-state index contributed by atoms with van der Waals surface area (Å²) in [5.74, 6) is -1.24. The number of benzene rings is 2. The molecular weight excluding hydrogens is 487 g/mol. The summed E-state index contributed by atoms with van der Waals surface area (Å²) in [5.41, 5.74) is 0.990. The lowest BCUT2D eigenvalue weighted by Gasteiger charge is -2.48. The summed E-state index contributed by atoms with van der Waals surface area (Å²) in [6.45, 7) is 4.32. The molecule has 0 bridgehead atoms. The topological polar surface area (TPSA) is 57.7 Å². The number of sulfone groups is 1. The van der Waals surface area contributed by atoms with Crippen LogP contribution in [0.15, 0.2) is 53.4 Å². The van der Waals surface area contributed by atoms with Crippen LogP contribution in [0, 0.1) is 11.7 Å². The fourth-order valence-electron chi connectivity index (χ4n) is 5.46. The molecule has 1 aliphatic heterocycles. The molecule has 8 heteroatoms. The Morgan fingerprint density at radius 2 is 1.74 bits per heavy atom. The van der Waals surface area contributed by atoms with Crippen LogP contribution in [0.1, 0.15) is 57.6 Å². The second-order valence-electron chi connectivity index (χ2n) is 10.0. The van der Waals surface area contributed by atoms with E-state index in [1.165, 1.54) is 12.1 Å². The zero-order chi connectivity index (χ0) is 25.3. The van der Waals surface area contributed by atoms with Crippen molar-refractivity contribution in [3.05, 3.63) is 64.9 Å². The van der Waals surface area contributed by atoms with Crippen molar-refractivity contribution in [2.45, 2.75) is 75.0 Å². The minimum absolute atomic E-state index is 0.0372. The van der Waals surface area contributed by atoms with E-state index in [-0.39, 0.29) is 23.0 Å². The lowest BCUT2D eigenvalue weighted by molar-refractivity contribution is -0.136. The highest BCUT2D eigenvalue weighted by molar-refractivity contribution is 7.92. The van der Waals surface area contributed by atoms with Gasteiger partial charge in [-0.15, -0.1) is 0 Å². The normalized spacial score (nSPS) is 24.2. The molecule has 1 saturated carbocycles. The molecule has 1 saturated heterocycles. The number of nitrogens with zero attached hydrogens (tertiary/aromatic N) is 2. The van der Waals surface area contributed by atoms with Gasteiger partial charge < -0.3 is 9.80 Å². The smallest absolute Gasteiger partial charge is 0.238 e. The first-order valence-electron chi connectivity index (χ1n) is 12.4. The molecule has 2 aliphatic rings. The fraction of sp³-hybridized carbons (Fsp3) is 0.519. The molecule has 4 unspecified atom stereocenters. The van der Waals surface area contributed by atoms with Crippen molar-refractivity contribution >= 4 is 27.3 Å². The van der Waals surface area contributed by atoms with Crippen LogP contribution in [0.2, 0.25) is 5.02 Å². The zero-order valence-corrected chi connectivity index (χ0v) is 22.1. The van der Waals surface area contributed by atoms with Gasteiger partial charge in [0.05, 0.1) is 10.9 Å². The average molecular weight is 521 g/mol. The molecule has 2 fully saturated rings. The molecule has 0 aromatic heterocycles. The zero-order valence-electron chi connectivity index (χ0n) is 20.5. The van der Waals surface area contributed by atoms with E-state index in [9.17, 15) is 17.6 Å². The van der Waals surface area contributed by atoms with E-state index >= 15 is 0 Å². The number of carbonyl (C=O) groups excluding carboxylic acids is 1. The molecule has 0 radical (unpaired) electrons. The molecule has 0 spiro atoms. The predicted octanol–water partition coefficient (Wildman–Crippen LogP) is 5.49. The monoisotopic (exact) mass is 520 g/mol. The van der Waals surface area contributed by atoms with Crippen LogP contribution >= 0.6 is 11.6 Å². The predicted molar refractivity (Wildman–Crippen MR) is 137 cm³/mol. The summed E-state index contributed by atoms with van der Waals surface area (Å²) < 4.78 is 39.7. The maximum absolute atomic E-state index is 13.9. The van der Waals surface area contributed by atoms with E-state index in [0.29, 0.717) is 17.0 Å². The summed E-state index contributed by atoms with van der Waals surface area (Å²) in [6.07, 6.45) is 4.55. The van der Waals surface area contributed by atoms with Crippen LogP contribution in [-0.4, -0.2) is 55.1 Å². The number of hydrogen-bond donors (Lipinski definition) is 0. The second-order valence-corrected chi connectivity index (χ2v) is 12.5. The molecule has 2 aromatic rings. The Bertz CT molecular complexity index is 1140. The van der Waals surface area contributed by atoms with Gasteiger partial charge in [-0.05, 0) is 94.0 Å². The molecule has 1 amide bonds. The summed E-state index contributed by atoms with van der Waals surface area (Å²) in [5, 5.41) is 0.624. The van der Waals surface area contributed by atoms with Crippen molar-refractivity contribution in [2.24, 2.45) is 5.92 Å². The third-order valence-electron chi connectivity index (χ3n) is 7.65. The van der Waals surface area contributed by atoms with Gasteiger partial charge in [-0.2, -0.15) is 0 Å². The lowest BCUT2D eigenvalue weighted by Crippen LogP contribution is -2.55. The van der Waals surface area contributed by atoms with Gasteiger partial charge in [0, 0.05) is 23.1 Å². The van der Waals surface area contributed by atoms with Gasteiger partial charge in [0.1, 0.15) is 11.6 Å². The Labute approximate surface area is 213 Å². The van der Waals surface area contributed by atoms with E-state index < -0.39 is 27.3 Å². The van der Waals surface area contributed by atoms with E-state index in [1.807, 2.05) is 29.2 Å². The average Bonchev–Trinajstić information content (AvgIpc) is 3.65. The number of carbonyl (C=O) groups is 1. The van der Waals surface area contributed by atoms with Crippen LogP contribution < -0.4 is 0 Å². The van der Waals surface area contributed by atoms with E-state index in [0.717, 1.165) is 49.8 Å². The fourth-order valence-corrected chi connectivity index (χ4v) is 6.78. The summed E-state index contributed by atoms with van der Waals surface area (Å²) >= 11 is 6.15. The molecular formula is C27H34ClFN2O3S. The molecule has 2 aromatic carbocycles. The van der Waals surface area contributed by atoms with Crippen LogP contribution in [0.5, 0.6) is 0 Å². The number of amides is 1. The lowest BCUT2D eigenvalue weighted by atomic mass is 9.87. The van der Waals surface area contributed by atoms with Crippen molar-refractivity contribution in [3.63, 3.8) is 0 Å². The van der Waals surface area contributed by atoms with Crippen molar-refractivity contribution in [1.82, 2.24) is 9.80 Å². The Balaban J connectivity index is 1.71. The standard InChI is InChI=1S/C27H34ClFN2O3S/c1-4-23-16-24(15-18(2)30(23)3)31(27(19-5-6-19)20-7-9-21(28)10-8-20)26(32)17-35(33,34)25-13-11-22(29)12-14-25/h7-14,18-19,23-24,27H,4-6,15-17H2,1-3H3. The summed E-state index contributed by atoms with van der Waals surface area (Å²) in [7, 11) is -1.80. The highest BCUT2D eigenvalue weighted by Crippen LogP contribution is 2.47. The maximum Gasteiger partial charge on any atom is 0.238 e. The molecule has 0 N–H and O–H groups in total. The van der Waals surface area contributed by atoms with Crippen molar-refractivity contribution in [1.29, 1.82) is 0 Å². The van der Waals surface area contributed by atoms with Gasteiger partial charge in [0.25, 0.3) is 0 Å². The Morgan fingerprint density at radius 1 is 1.11 bits per heavy atom. The van der Waals surface area contributed by atoms with Gasteiger partial charge in [-0.3, -0.25) is 4.79 Å². The molecule has 5 nitrogen and oxygen atoms in total. The molecule has 35 heavy (non-hydrogen) atoms. The molecule has 4 atom stereocenters. The number of piperidine rings is 1. The van der Waals surface area contributed by atoms with E-state index in [2.05, 4.69) is 25.8 Å². The van der Waals surface area contributed by atoms with Crippen molar-refractivity contribution in [3.8, 4) is 0 Å². The molecule has 1 aliphatic carbocycles. The minimum Gasteiger partial charge on any atom is -0.331 e. The van der Waals surface area contributed by atoms with Crippen LogP contribution in [-0.2, 0) is 14.6 Å². The Kier molecular flexibility index (Phi) is 7.89.